The van der Waals surface area contributed by atoms with E-state index in [9.17, 15) is 0 Å². The summed E-state index contributed by atoms with van der Waals surface area (Å²) >= 11 is 0. The van der Waals surface area contributed by atoms with Crippen molar-refractivity contribution in [3.05, 3.63) is 11.5 Å². The maximum atomic E-state index is 5.33. The standard InChI is InChI=1S/C12H20O/c1-3-5-9(6-4-2)7-10-8-11-12(10)13-11/h9-10H,3-8H2,1-2H3. The molecule has 1 heteroatoms. The number of hydrogen-bond donors (Lipinski definition) is 0. The average molecular weight is 180 g/mol. The van der Waals surface area contributed by atoms with Crippen molar-refractivity contribution >= 4 is 0 Å². The van der Waals surface area contributed by atoms with Gasteiger partial charge in [0.25, 0.3) is 0 Å². The van der Waals surface area contributed by atoms with Crippen molar-refractivity contribution in [2.75, 3.05) is 0 Å². The van der Waals surface area contributed by atoms with Gasteiger partial charge in [-0.05, 0) is 12.3 Å². The van der Waals surface area contributed by atoms with Crippen LogP contribution < -0.4 is 0 Å². The maximum Gasteiger partial charge on any atom is 0.145 e. The van der Waals surface area contributed by atoms with Crippen LogP contribution in [0.5, 0.6) is 0 Å². The smallest absolute Gasteiger partial charge is 0.145 e. The Balaban J connectivity index is 1.72. The summed E-state index contributed by atoms with van der Waals surface area (Å²) in [7, 11) is 0. The van der Waals surface area contributed by atoms with Crippen LogP contribution in [0, 0.1) is 11.8 Å². The first-order valence-corrected chi connectivity index (χ1v) is 5.76. The summed E-state index contributed by atoms with van der Waals surface area (Å²) in [6.45, 7) is 4.59. The van der Waals surface area contributed by atoms with Gasteiger partial charge in [0.1, 0.15) is 11.5 Å². The van der Waals surface area contributed by atoms with Gasteiger partial charge in [-0.2, -0.15) is 0 Å². The number of rotatable bonds is 6. The van der Waals surface area contributed by atoms with E-state index in [2.05, 4.69) is 13.8 Å². The monoisotopic (exact) mass is 180 g/mol. The second-order valence-corrected chi connectivity index (χ2v) is 4.47. The number of hydrogen-bond acceptors (Lipinski definition) is 1. The number of ether oxygens (including phenoxy) is 1. The van der Waals surface area contributed by atoms with Gasteiger partial charge in [0.15, 0.2) is 0 Å². The van der Waals surface area contributed by atoms with Crippen molar-refractivity contribution in [3.63, 3.8) is 0 Å². The topological polar surface area (TPSA) is 12.5 Å². The van der Waals surface area contributed by atoms with Gasteiger partial charge in [-0.25, -0.2) is 0 Å². The molecule has 1 aliphatic heterocycles. The molecule has 0 aromatic carbocycles. The molecule has 0 aromatic heterocycles. The van der Waals surface area contributed by atoms with Gasteiger partial charge in [-0.1, -0.05) is 39.5 Å². The molecule has 13 heavy (non-hydrogen) atoms. The van der Waals surface area contributed by atoms with Crippen LogP contribution in [0.1, 0.15) is 52.4 Å². The van der Waals surface area contributed by atoms with E-state index in [0.717, 1.165) is 11.8 Å². The highest BCUT2D eigenvalue weighted by Gasteiger charge is 2.44. The normalized spacial score (nSPS) is 24.1. The summed E-state index contributed by atoms with van der Waals surface area (Å²) < 4.78 is 5.33. The van der Waals surface area contributed by atoms with Crippen molar-refractivity contribution in [2.45, 2.75) is 52.4 Å². The fourth-order valence-corrected chi connectivity index (χ4v) is 2.54. The molecule has 0 fully saturated rings. The largest absolute Gasteiger partial charge is 0.459 e. The lowest BCUT2D eigenvalue weighted by atomic mass is 9.82. The maximum absolute atomic E-state index is 5.33. The molecule has 1 unspecified atom stereocenters. The molecule has 0 spiro atoms. The summed E-state index contributed by atoms with van der Waals surface area (Å²) in [6, 6.07) is 0. The molecule has 1 aliphatic carbocycles. The molecule has 0 saturated heterocycles. The van der Waals surface area contributed by atoms with Gasteiger partial charge >= 0.3 is 0 Å². The summed E-state index contributed by atoms with van der Waals surface area (Å²) in [4.78, 5) is 0. The predicted octanol–water partition coefficient (Wildman–Crippen LogP) is 3.85. The van der Waals surface area contributed by atoms with Crippen molar-refractivity contribution in [1.29, 1.82) is 0 Å². The highest BCUT2D eigenvalue weighted by atomic mass is 16.6. The highest BCUT2D eigenvalue weighted by Crippen LogP contribution is 2.52. The Morgan fingerprint density at radius 2 is 2.00 bits per heavy atom. The molecule has 2 rings (SSSR count). The van der Waals surface area contributed by atoms with Gasteiger partial charge in [0, 0.05) is 12.3 Å². The second-order valence-electron chi connectivity index (χ2n) is 4.47. The van der Waals surface area contributed by atoms with Crippen molar-refractivity contribution < 1.29 is 4.74 Å². The molecule has 1 nitrogen and oxygen atoms in total. The van der Waals surface area contributed by atoms with Crippen LogP contribution in [-0.4, -0.2) is 0 Å². The van der Waals surface area contributed by atoms with E-state index in [1.807, 2.05) is 0 Å². The van der Waals surface area contributed by atoms with Crippen LogP contribution in [0.25, 0.3) is 0 Å². The molecule has 1 heterocycles. The first-order chi connectivity index (χ1) is 6.35. The van der Waals surface area contributed by atoms with E-state index in [1.54, 1.807) is 0 Å². The Kier molecular flexibility index (Phi) is 2.61. The zero-order valence-electron chi connectivity index (χ0n) is 8.81. The van der Waals surface area contributed by atoms with Gasteiger partial charge in [0.05, 0.1) is 0 Å². The zero-order chi connectivity index (χ0) is 9.26. The van der Waals surface area contributed by atoms with E-state index < -0.39 is 0 Å². The molecule has 1 atom stereocenters. The second kappa shape index (κ2) is 3.73. The van der Waals surface area contributed by atoms with Gasteiger partial charge in [0.2, 0.25) is 0 Å². The summed E-state index contributed by atoms with van der Waals surface area (Å²) in [5, 5.41) is 0. The average Bonchev–Trinajstić information content (AvgIpc) is 2.73. The molecule has 0 aromatic rings. The van der Waals surface area contributed by atoms with E-state index in [4.69, 9.17) is 4.74 Å². The molecular formula is C12H20O. The highest BCUT2D eigenvalue weighted by molar-refractivity contribution is 5.31. The minimum atomic E-state index is 0.818. The van der Waals surface area contributed by atoms with Crippen molar-refractivity contribution in [3.8, 4) is 0 Å². The van der Waals surface area contributed by atoms with Gasteiger partial charge in [-0.3, -0.25) is 0 Å². The summed E-state index contributed by atoms with van der Waals surface area (Å²) in [5.41, 5.74) is 0. The van der Waals surface area contributed by atoms with Gasteiger partial charge in [-0.15, -0.1) is 0 Å². The van der Waals surface area contributed by atoms with E-state index in [0.29, 0.717) is 0 Å². The first kappa shape index (κ1) is 9.11. The summed E-state index contributed by atoms with van der Waals surface area (Å²) in [5.74, 6) is 4.45. The quantitative estimate of drug-likeness (QED) is 0.604. The Morgan fingerprint density at radius 3 is 2.38 bits per heavy atom. The molecule has 0 N–H and O–H groups in total. The SMILES string of the molecule is CCCC(CCC)CC1CC2=C1O2. The van der Waals surface area contributed by atoms with Crippen LogP contribution in [-0.2, 0) is 4.74 Å². The van der Waals surface area contributed by atoms with Crippen LogP contribution in [0.4, 0.5) is 0 Å². The van der Waals surface area contributed by atoms with Crippen LogP contribution >= 0.6 is 0 Å². The van der Waals surface area contributed by atoms with Crippen LogP contribution in [0.2, 0.25) is 0 Å². The molecule has 0 amide bonds. The fraction of sp³-hybridized carbons (Fsp3) is 0.833. The lowest BCUT2D eigenvalue weighted by Gasteiger charge is -2.20. The lowest BCUT2D eigenvalue weighted by Crippen LogP contribution is -2.11. The number of allylic oxidation sites excluding steroid dienone is 2. The van der Waals surface area contributed by atoms with Crippen molar-refractivity contribution in [1.82, 2.24) is 0 Å². The van der Waals surface area contributed by atoms with Crippen LogP contribution in [0.3, 0.4) is 0 Å². The Hall–Kier alpha value is -0.460. The zero-order valence-corrected chi connectivity index (χ0v) is 8.81. The predicted molar refractivity (Wildman–Crippen MR) is 54.1 cm³/mol. The van der Waals surface area contributed by atoms with Crippen LogP contribution in [0.15, 0.2) is 11.5 Å². The van der Waals surface area contributed by atoms with Crippen molar-refractivity contribution in [2.24, 2.45) is 11.8 Å². The third kappa shape index (κ3) is 1.90. The van der Waals surface area contributed by atoms with Gasteiger partial charge < -0.3 is 4.74 Å². The Morgan fingerprint density at radius 1 is 1.31 bits per heavy atom. The molecule has 0 saturated carbocycles. The summed E-state index contributed by atoms with van der Waals surface area (Å²) in [6.07, 6.45) is 8.13. The third-order valence-corrected chi connectivity index (χ3v) is 3.28. The molecular weight excluding hydrogens is 160 g/mol. The Labute approximate surface area is 81.2 Å². The van der Waals surface area contributed by atoms with E-state index in [1.165, 1.54) is 50.0 Å². The minimum absolute atomic E-state index is 0.818. The fourth-order valence-electron chi connectivity index (χ4n) is 2.54. The first-order valence-electron chi connectivity index (χ1n) is 5.76. The van der Waals surface area contributed by atoms with E-state index >= 15 is 0 Å². The minimum Gasteiger partial charge on any atom is -0.459 e. The Bertz CT molecular complexity index is 211. The lowest BCUT2D eigenvalue weighted by molar-refractivity contribution is 0.344. The molecule has 0 bridgehead atoms. The molecule has 74 valence electrons. The molecule has 0 radical (unpaired) electrons. The van der Waals surface area contributed by atoms with E-state index in [-0.39, 0.29) is 0 Å². The third-order valence-electron chi connectivity index (χ3n) is 3.28. The molecule has 2 aliphatic rings.